The summed E-state index contributed by atoms with van der Waals surface area (Å²) in [7, 11) is 0.728. The van der Waals surface area contributed by atoms with Crippen LogP contribution in [0.5, 0.6) is 0 Å². The molecule has 6 radical (unpaired) electrons. The van der Waals surface area contributed by atoms with Crippen LogP contribution in [0.3, 0.4) is 0 Å². The maximum atomic E-state index is 2.61. The predicted molar refractivity (Wildman–Crippen MR) is 101 cm³/mol. The van der Waals surface area contributed by atoms with Crippen LogP contribution in [0.1, 0.15) is 64.2 Å². The topological polar surface area (TPSA) is 0 Å². The summed E-state index contributed by atoms with van der Waals surface area (Å²) in [6.45, 7) is 5.21. The molecule has 0 aromatic carbocycles. The van der Waals surface area contributed by atoms with Crippen LogP contribution in [0.15, 0.2) is 0 Å². The SMILES string of the molecule is C[P@](CC[P@](C)C1CCCCC1)C1CCCCC1.[B].[B]. The third-order valence-corrected chi connectivity index (χ3v) is 10.9. The van der Waals surface area contributed by atoms with Crippen LogP contribution in [-0.2, 0) is 0 Å². The minimum Gasteiger partial charge on any atom is -0.106 e. The molecule has 0 saturated heterocycles. The highest BCUT2D eigenvalue weighted by Gasteiger charge is 2.23. The van der Waals surface area contributed by atoms with Crippen molar-refractivity contribution in [2.75, 3.05) is 25.7 Å². The van der Waals surface area contributed by atoms with E-state index in [4.69, 9.17) is 0 Å². The first-order chi connectivity index (χ1) is 8.77. The molecule has 2 atom stereocenters. The third-order valence-electron chi connectivity index (χ3n) is 5.20. The molecule has 0 N–H and O–H groups in total. The Morgan fingerprint density at radius 1 is 0.600 bits per heavy atom. The van der Waals surface area contributed by atoms with Crippen molar-refractivity contribution < 1.29 is 0 Å². The van der Waals surface area contributed by atoms with Gasteiger partial charge in [-0.1, -0.05) is 38.5 Å². The Balaban J connectivity index is 0.00000180. The average Bonchev–Trinajstić information content (AvgIpc) is 2.46. The third kappa shape index (κ3) is 6.83. The van der Waals surface area contributed by atoms with Crippen LogP contribution >= 0.6 is 15.8 Å². The molecule has 2 aliphatic carbocycles. The first-order valence-electron chi connectivity index (χ1n) is 8.18. The zero-order valence-electron chi connectivity index (χ0n) is 13.7. The summed E-state index contributed by atoms with van der Waals surface area (Å²) in [5.74, 6) is 0. The lowest BCUT2D eigenvalue weighted by Gasteiger charge is -2.32. The van der Waals surface area contributed by atoms with Gasteiger partial charge < -0.3 is 0 Å². The van der Waals surface area contributed by atoms with Crippen molar-refractivity contribution in [3.05, 3.63) is 0 Å². The Bertz CT molecular complexity index is 203. The molecule has 0 spiro atoms. The van der Waals surface area contributed by atoms with Gasteiger partial charge in [0, 0.05) is 16.8 Å². The Kier molecular flexibility index (Phi) is 12.1. The van der Waals surface area contributed by atoms with E-state index in [-0.39, 0.29) is 16.8 Å². The van der Waals surface area contributed by atoms with Crippen molar-refractivity contribution in [2.24, 2.45) is 0 Å². The molecule has 2 saturated carbocycles. The van der Waals surface area contributed by atoms with Gasteiger partial charge in [-0.2, -0.15) is 0 Å². The van der Waals surface area contributed by atoms with E-state index in [0.29, 0.717) is 15.8 Å². The second-order valence-corrected chi connectivity index (χ2v) is 11.9. The van der Waals surface area contributed by atoms with Gasteiger partial charge in [-0.3, -0.25) is 0 Å². The lowest BCUT2D eigenvalue weighted by atomic mass is 10.0. The standard InChI is InChI=1S/C16H32P2.2B/c1-17(15-9-5-3-6-10-15)13-14-18(2)16-11-7-4-8-12-16;;/h15-16H,3-14H2,1-2H3;;/t17-,18+;;. The van der Waals surface area contributed by atoms with Gasteiger partial charge in [0.25, 0.3) is 0 Å². The highest BCUT2D eigenvalue weighted by Crippen LogP contribution is 2.50. The molecule has 0 aliphatic heterocycles. The first kappa shape index (κ1) is 21.0. The van der Waals surface area contributed by atoms with Crippen molar-refractivity contribution in [2.45, 2.75) is 75.5 Å². The fourth-order valence-electron chi connectivity index (χ4n) is 3.72. The summed E-state index contributed by atoms with van der Waals surface area (Å²) >= 11 is 0. The van der Waals surface area contributed by atoms with Crippen LogP contribution in [0, 0.1) is 0 Å². The first-order valence-corrected chi connectivity index (χ1v) is 12.3. The smallest absolute Gasteiger partial charge is 0 e. The highest BCUT2D eigenvalue weighted by molar-refractivity contribution is 7.61. The normalized spacial score (nSPS) is 24.3. The molecule has 0 amide bonds. The molecule has 2 aliphatic rings. The van der Waals surface area contributed by atoms with Gasteiger partial charge in [0.2, 0.25) is 0 Å². The predicted octanol–water partition coefficient (Wildman–Crippen LogP) is 5.11. The van der Waals surface area contributed by atoms with Crippen LogP contribution in [-0.4, -0.2) is 53.8 Å². The molecular formula is C16H32B2P2. The lowest BCUT2D eigenvalue weighted by molar-refractivity contribution is 0.510. The van der Waals surface area contributed by atoms with E-state index in [0.717, 1.165) is 11.3 Å². The van der Waals surface area contributed by atoms with E-state index in [1.807, 2.05) is 0 Å². The van der Waals surface area contributed by atoms with Gasteiger partial charge in [-0.15, -0.1) is 15.8 Å². The monoisotopic (exact) mass is 308 g/mol. The number of rotatable bonds is 5. The Labute approximate surface area is 134 Å². The van der Waals surface area contributed by atoms with Crippen LogP contribution < -0.4 is 0 Å². The summed E-state index contributed by atoms with van der Waals surface area (Å²) in [5, 5.41) is 0. The zero-order valence-corrected chi connectivity index (χ0v) is 15.5. The zero-order chi connectivity index (χ0) is 12.8. The van der Waals surface area contributed by atoms with Crippen molar-refractivity contribution >= 4 is 32.7 Å². The lowest BCUT2D eigenvalue weighted by Crippen LogP contribution is -2.15. The minimum atomic E-state index is 0. The molecule has 0 unspecified atom stereocenters. The number of hydrogen-bond donors (Lipinski definition) is 0. The van der Waals surface area contributed by atoms with Gasteiger partial charge in [-0.25, -0.2) is 0 Å². The molecule has 0 aromatic rings. The van der Waals surface area contributed by atoms with Gasteiger partial charge in [0.1, 0.15) is 0 Å². The minimum absolute atomic E-state index is 0. The molecule has 4 heteroatoms. The largest absolute Gasteiger partial charge is 0.106 e. The molecule has 0 heterocycles. The summed E-state index contributed by atoms with van der Waals surface area (Å²) in [6.07, 6.45) is 18.6. The van der Waals surface area contributed by atoms with Gasteiger partial charge in [-0.05, 0) is 62.7 Å². The van der Waals surface area contributed by atoms with E-state index >= 15 is 0 Å². The average molecular weight is 308 g/mol. The molecule has 2 fully saturated rings. The van der Waals surface area contributed by atoms with E-state index in [1.165, 1.54) is 38.5 Å². The maximum Gasteiger partial charge on any atom is 0 e. The quantitative estimate of drug-likeness (QED) is 0.489. The van der Waals surface area contributed by atoms with Crippen molar-refractivity contribution in [3.63, 3.8) is 0 Å². The van der Waals surface area contributed by atoms with Gasteiger partial charge >= 0.3 is 0 Å². The number of hydrogen-bond acceptors (Lipinski definition) is 0. The van der Waals surface area contributed by atoms with Crippen LogP contribution in [0.2, 0.25) is 0 Å². The van der Waals surface area contributed by atoms with Gasteiger partial charge in [0.15, 0.2) is 0 Å². The van der Waals surface area contributed by atoms with Crippen molar-refractivity contribution in [1.82, 2.24) is 0 Å². The van der Waals surface area contributed by atoms with E-state index in [9.17, 15) is 0 Å². The second-order valence-electron chi connectivity index (χ2n) is 6.54. The Morgan fingerprint density at radius 2 is 0.900 bits per heavy atom. The fourth-order valence-corrected chi connectivity index (χ4v) is 9.47. The second kappa shape index (κ2) is 11.5. The molecule has 0 nitrogen and oxygen atoms in total. The van der Waals surface area contributed by atoms with Crippen LogP contribution in [0.4, 0.5) is 0 Å². The summed E-state index contributed by atoms with van der Waals surface area (Å²) in [6, 6.07) is 0. The molecule has 0 aromatic heterocycles. The summed E-state index contributed by atoms with van der Waals surface area (Å²) in [5.41, 5.74) is 2.28. The molecule has 0 bridgehead atoms. The summed E-state index contributed by atoms with van der Waals surface area (Å²) in [4.78, 5) is 0. The molecular weight excluding hydrogens is 276 g/mol. The molecule has 2 rings (SSSR count). The van der Waals surface area contributed by atoms with E-state index in [1.54, 1.807) is 38.0 Å². The van der Waals surface area contributed by atoms with Crippen molar-refractivity contribution in [3.8, 4) is 0 Å². The summed E-state index contributed by atoms with van der Waals surface area (Å²) < 4.78 is 0. The van der Waals surface area contributed by atoms with E-state index < -0.39 is 0 Å². The van der Waals surface area contributed by atoms with Crippen molar-refractivity contribution in [1.29, 1.82) is 0 Å². The Hall–Kier alpha value is 0.990. The maximum absolute atomic E-state index is 2.61. The highest BCUT2D eigenvalue weighted by atomic mass is 31.1. The van der Waals surface area contributed by atoms with Gasteiger partial charge in [0.05, 0.1) is 0 Å². The molecule has 20 heavy (non-hydrogen) atoms. The van der Waals surface area contributed by atoms with Crippen LogP contribution in [0.25, 0.3) is 0 Å². The Morgan fingerprint density at radius 3 is 1.20 bits per heavy atom. The van der Waals surface area contributed by atoms with E-state index in [2.05, 4.69) is 13.3 Å². The molecule has 112 valence electrons. The fraction of sp³-hybridized carbons (Fsp3) is 1.00.